The van der Waals surface area contributed by atoms with Gasteiger partial charge in [-0.2, -0.15) is 0 Å². The molecule has 2 aromatic rings. The maximum atomic E-state index is 5.20. The van der Waals surface area contributed by atoms with Gasteiger partial charge in [0.25, 0.3) is 0 Å². The van der Waals surface area contributed by atoms with Crippen LogP contribution in [0.2, 0.25) is 0 Å². The number of rotatable bonds is 7. The van der Waals surface area contributed by atoms with Gasteiger partial charge in [-0.1, -0.05) is 6.92 Å². The van der Waals surface area contributed by atoms with Crippen LogP contribution in [0.5, 0.6) is 5.75 Å². The summed E-state index contributed by atoms with van der Waals surface area (Å²) in [4.78, 5) is 6.41. The predicted molar refractivity (Wildman–Crippen MR) is 87.3 cm³/mol. The molecule has 1 N–H and O–H groups in total. The third kappa shape index (κ3) is 3.95. The average Bonchev–Trinajstić information content (AvgIpc) is 2.55. The number of hydrogen-bond donors (Lipinski definition) is 1. The Morgan fingerprint density at radius 3 is 2.62 bits per heavy atom. The van der Waals surface area contributed by atoms with Crippen molar-refractivity contribution in [2.75, 3.05) is 25.6 Å². The maximum Gasteiger partial charge on any atom is 0.119 e. The average molecular weight is 285 g/mol. The number of methoxy groups -OCH3 is 1. The molecule has 0 saturated carbocycles. The summed E-state index contributed by atoms with van der Waals surface area (Å²) in [6.07, 6.45) is 4.89. The van der Waals surface area contributed by atoms with Gasteiger partial charge in [-0.05, 0) is 48.9 Å². The van der Waals surface area contributed by atoms with Crippen LogP contribution >= 0.6 is 0 Å². The van der Waals surface area contributed by atoms with Crippen molar-refractivity contribution in [3.63, 3.8) is 0 Å². The summed E-state index contributed by atoms with van der Waals surface area (Å²) in [6, 6.07) is 10.1. The van der Waals surface area contributed by atoms with Crippen LogP contribution in [0.3, 0.4) is 0 Å². The fourth-order valence-corrected chi connectivity index (χ4v) is 2.21. The highest BCUT2D eigenvalue weighted by molar-refractivity contribution is 5.65. The Morgan fingerprint density at radius 1 is 1.19 bits per heavy atom. The van der Waals surface area contributed by atoms with Crippen molar-refractivity contribution in [3.05, 3.63) is 48.3 Å². The van der Waals surface area contributed by atoms with Crippen molar-refractivity contribution in [3.8, 4) is 5.75 Å². The first-order valence-corrected chi connectivity index (χ1v) is 7.27. The molecule has 1 aromatic heterocycles. The van der Waals surface area contributed by atoms with Gasteiger partial charge in [-0.25, -0.2) is 0 Å². The quantitative estimate of drug-likeness (QED) is 0.792. The van der Waals surface area contributed by atoms with Crippen molar-refractivity contribution in [1.82, 2.24) is 10.3 Å². The van der Waals surface area contributed by atoms with Crippen LogP contribution < -0.4 is 15.0 Å². The predicted octanol–water partition coefficient (Wildman–Crippen LogP) is 3.36. The molecular weight excluding hydrogens is 262 g/mol. The van der Waals surface area contributed by atoms with E-state index >= 15 is 0 Å². The molecule has 0 radical (unpaired) electrons. The molecule has 1 aromatic carbocycles. The van der Waals surface area contributed by atoms with Crippen molar-refractivity contribution in [2.45, 2.75) is 19.9 Å². The van der Waals surface area contributed by atoms with E-state index in [0.29, 0.717) is 0 Å². The lowest BCUT2D eigenvalue weighted by Gasteiger charge is -2.22. The second-order valence-electron chi connectivity index (χ2n) is 4.94. The molecule has 4 heteroatoms. The Kier molecular flexibility index (Phi) is 5.58. The van der Waals surface area contributed by atoms with E-state index in [-0.39, 0.29) is 0 Å². The lowest BCUT2D eigenvalue weighted by molar-refractivity contribution is 0.415. The highest BCUT2D eigenvalue weighted by Gasteiger charge is 2.09. The van der Waals surface area contributed by atoms with E-state index in [1.165, 1.54) is 5.56 Å². The number of anilines is 2. The van der Waals surface area contributed by atoms with Gasteiger partial charge in [0.1, 0.15) is 5.75 Å². The molecule has 0 amide bonds. The monoisotopic (exact) mass is 285 g/mol. The molecular formula is C17H23N3O. The Bertz CT molecular complexity index is 554. The third-order valence-corrected chi connectivity index (χ3v) is 3.45. The van der Waals surface area contributed by atoms with E-state index in [9.17, 15) is 0 Å². The normalized spacial score (nSPS) is 10.4. The number of nitrogens with zero attached hydrogens (tertiary/aromatic N) is 2. The first-order valence-electron chi connectivity index (χ1n) is 7.27. The first kappa shape index (κ1) is 15.3. The van der Waals surface area contributed by atoms with Gasteiger partial charge in [0.2, 0.25) is 0 Å². The maximum absolute atomic E-state index is 5.20. The summed E-state index contributed by atoms with van der Waals surface area (Å²) in [5.74, 6) is 0.864. The Balaban J connectivity index is 2.19. The minimum atomic E-state index is 0.853. The van der Waals surface area contributed by atoms with Crippen LogP contribution in [0.4, 0.5) is 11.4 Å². The highest BCUT2D eigenvalue weighted by atomic mass is 16.5. The molecule has 21 heavy (non-hydrogen) atoms. The lowest BCUT2D eigenvalue weighted by atomic mass is 10.2. The van der Waals surface area contributed by atoms with E-state index in [0.717, 1.165) is 36.6 Å². The van der Waals surface area contributed by atoms with Crippen LogP contribution in [0.15, 0.2) is 42.7 Å². The smallest absolute Gasteiger partial charge is 0.119 e. The van der Waals surface area contributed by atoms with Crippen LogP contribution in [0.25, 0.3) is 0 Å². The van der Waals surface area contributed by atoms with Gasteiger partial charge in [-0.3, -0.25) is 4.98 Å². The highest BCUT2D eigenvalue weighted by Crippen LogP contribution is 2.27. The molecule has 0 atom stereocenters. The van der Waals surface area contributed by atoms with Crippen molar-refractivity contribution in [1.29, 1.82) is 0 Å². The van der Waals surface area contributed by atoms with Crippen molar-refractivity contribution in [2.24, 2.45) is 0 Å². The molecule has 4 nitrogen and oxygen atoms in total. The number of nitrogens with one attached hydrogen (secondary N) is 1. The molecule has 2 rings (SSSR count). The fourth-order valence-electron chi connectivity index (χ4n) is 2.21. The number of benzene rings is 1. The second kappa shape index (κ2) is 7.64. The lowest BCUT2D eigenvalue weighted by Crippen LogP contribution is -2.18. The van der Waals surface area contributed by atoms with E-state index in [1.807, 2.05) is 24.5 Å². The summed E-state index contributed by atoms with van der Waals surface area (Å²) < 4.78 is 5.20. The molecule has 0 saturated heterocycles. The van der Waals surface area contributed by atoms with Gasteiger partial charge in [0.15, 0.2) is 0 Å². The van der Waals surface area contributed by atoms with Crippen molar-refractivity contribution < 1.29 is 4.74 Å². The zero-order chi connectivity index (χ0) is 15.1. The first-order chi connectivity index (χ1) is 10.3. The van der Waals surface area contributed by atoms with Gasteiger partial charge in [-0.15, -0.1) is 0 Å². The van der Waals surface area contributed by atoms with E-state index in [1.54, 1.807) is 7.11 Å². The van der Waals surface area contributed by atoms with E-state index < -0.39 is 0 Å². The molecule has 0 fully saturated rings. The number of hydrogen-bond acceptors (Lipinski definition) is 4. The molecule has 0 aliphatic heterocycles. The molecule has 1 heterocycles. The molecule has 0 aliphatic rings. The van der Waals surface area contributed by atoms with Gasteiger partial charge < -0.3 is 15.0 Å². The Morgan fingerprint density at radius 2 is 1.95 bits per heavy atom. The summed E-state index contributed by atoms with van der Waals surface area (Å²) in [5.41, 5.74) is 3.48. The van der Waals surface area contributed by atoms with Crippen LogP contribution in [-0.4, -0.2) is 25.7 Å². The van der Waals surface area contributed by atoms with Crippen LogP contribution in [-0.2, 0) is 6.54 Å². The minimum Gasteiger partial charge on any atom is -0.497 e. The fraction of sp³-hybridized carbons (Fsp3) is 0.353. The second-order valence-corrected chi connectivity index (χ2v) is 4.94. The van der Waals surface area contributed by atoms with Gasteiger partial charge in [0, 0.05) is 25.5 Å². The summed E-state index contributed by atoms with van der Waals surface area (Å²) in [5, 5.41) is 3.44. The Hall–Kier alpha value is -2.07. The molecule has 0 bridgehead atoms. The van der Waals surface area contributed by atoms with Crippen LogP contribution in [0, 0.1) is 0 Å². The van der Waals surface area contributed by atoms with E-state index in [2.05, 4.69) is 47.4 Å². The molecule has 112 valence electrons. The number of pyridine rings is 1. The van der Waals surface area contributed by atoms with Crippen LogP contribution in [0.1, 0.15) is 18.9 Å². The zero-order valence-corrected chi connectivity index (χ0v) is 13.0. The minimum absolute atomic E-state index is 0.853. The van der Waals surface area contributed by atoms with Crippen molar-refractivity contribution >= 4 is 11.4 Å². The SMILES string of the molecule is CCCNCc1ccncc1N(C)c1ccc(OC)cc1. The molecule has 0 aliphatic carbocycles. The summed E-state index contributed by atoms with van der Waals surface area (Å²) in [7, 11) is 3.74. The number of ether oxygens (including phenoxy) is 1. The largest absolute Gasteiger partial charge is 0.497 e. The Labute approximate surface area is 126 Å². The third-order valence-electron chi connectivity index (χ3n) is 3.45. The van der Waals surface area contributed by atoms with Gasteiger partial charge >= 0.3 is 0 Å². The summed E-state index contributed by atoms with van der Waals surface area (Å²) in [6.45, 7) is 4.05. The summed E-state index contributed by atoms with van der Waals surface area (Å²) >= 11 is 0. The molecule has 0 spiro atoms. The standard InChI is InChI=1S/C17H23N3O/c1-4-10-18-12-14-9-11-19-13-17(14)20(2)15-5-7-16(21-3)8-6-15/h5-9,11,13,18H,4,10,12H2,1-3H3. The van der Waals surface area contributed by atoms with E-state index in [4.69, 9.17) is 4.74 Å². The zero-order valence-electron chi connectivity index (χ0n) is 13.0. The topological polar surface area (TPSA) is 37.4 Å². The van der Waals surface area contributed by atoms with Gasteiger partial charge in [0.05, 0.1) is 19.0 Å². The number of aromatic nitrogens is 1. The molecule has 0 unspecified atom stereocenters.